The molecule has 0 aromatic heterocycles. The van der Waals surface area contributed by atoms with Crippen molar-refractivity contribution in [3.63, 3.8) is 0 Å². The van der Waals surface area contributed by atoms with E-state index < -0.39 is 0 Å². The summed E-state index contributed by atoms with van der Waals surface area (Å²) in [6.45, 7) is 11.0. The number of benzene rings is 2. The van der Waals surface area contributed by atoms with Gasteiger partial charge in [-0.15, -0.1) is 0 Å². The maximum absolute atomic E-state index is 10.0. The molecule has 0 bridgehead atoms. The Bertz CT molecular complexity index is 1190. The zero-order valence-corrected chi connectivity index (χ0v) is 20.9. The molecule has 6 heteroatoms. The van der Waals surface area contributed by atoms with Crippen LogP contribution in [0.15, 0.2) is 76.9 Å². The fourth-order valence-electron chi connectivity index (χ4n) is 4.59. The quantitative estimate of drug-likeness (QED) is 0.586. The average Bonchev–Trinajstić information content (AvgIpc) is 2.85. The van der Waals surface area contributed by atoms with Crippen LogP contribution in [0.3, 0.4) is 0 Å². The minimum Gasteiger partial charge on any atom is -0.494 e. The Morgan fingerprint density at radius 2 is 1.63 bits per heavy atom. The van der Waals surface area contributed by atoms with Crippen LogP contribution in [0.1, 0.15) is 44.7 Å². The summed E-state index contributed by atoms with van der Waals surface area (Å²) < 4.78 is 17.4. The molecule has 0 fully saturated rings. The minimum absolute atomic E-state index is 0.167. The van der Waals surface area contributed by atoms with Gasteiger partial charge in [-0.05, 0) is 74.7 Å². The molecule has 0 spiro atoms. The van der Waals surface area contributed by atoms with Gasteiger partial charge in [-0.1, -0.05) is 24.3 Å². The van der Waals surface area contributed by atoms with Crippen molar-refractivity contribution in [3.05, 3.63) is 88.0 Å². The normalized spacial score (nSPS) is 19.4. The van der Waals surface area contributed by atoms with Crippen molar-refractivity contribution in [1.29, 1.82) is 5.26 Å². The first-order valence-corrected chi connectivity index (χ1v) is 12.2. The van der Waals surface area contributed by atoms with Gasteiger partial charge in [0.2, 0.25) is 5.88 Å². The van der Waals surface area contributed by atoms with Crippen molar-refractivity contribution in [2.45, 2.75) is 39.7 Å². The van der Waals surface area contributed by atoms with E-state index in [-0.39, 0.29) is 11.8 Å². The van der Waals surface area contributed by atoms with Gasteiger partial charge in [0.15, 0.2) is 0 Å². The number of nitrogens with two attached hydrogens (primary N) is 1. The van der Waals surface area contributed by atoms with Gasteiger partial charge in [-0.3, -0.25) is 4.90 Å². The molecule has 2 aliphatic heterocycles. The standard InChI is InChI=1S/C29H33N3O3/c1-5-33-23-11-7-20(8-12-23)15-22-17-32(19(3)4)18-26-27(25(16-30)29(31)35-28(22)26)21-9-13-24(14-10-21)34-6-2/h7-15,19,27H,5-6,17-18,31H2,1-4H3/b22-15+/t27-/m0/s1. The molecule has 0 radical (unpaired) electrons. The summed E-state index contributed by atoms with van der Waals surface area (Å²) in [6.07, 6.45) is 2.14. The van der Waals surface area contributed by atoms with Gasteiger partial charge in [0.25, 0.3) is 0 Å². The number of nitriles is 1. The molecule has 0 saturated heterocycles. The topological polar surface area (TPSA) is 80.7 Å². The number of ether oxygens (including phenoxy) is 3. The fourth-order valence-corrected chi connectivity index (χ4v) is 4.59. The summed E-state index contributed by atoms with van der Waals surface area (Å²) >= 11 is 0. The SMILES string of the molecule is CCOc1ccc(/C=C2\CN(C(C)C)CC3=C2OC(N)=C(C#N)[C@@H]3c2ccc(OCC)cc2)cc1. The lowest BCUT2D eigenvalue weighted by Crippen LogP contribution is -2.41. The van der Waals surface area contributed by atoms with E-state index in [4.69, 9.17) is 19.9 Å². The number of rotatable bonds is 7. The molecule has 182 valence electrons. The predicted molar refractivity (Wildman–Crippen MR) is 138 cm³/mol. The maximum Gasteiger partial charge on any atom is 0.205 e. The van der Waals surface area contributed by atoms with Crippen molar-refractivity contribution in [2.24, 2.45) is 5.73 Å². The zero-order chi connectivity index (χ0) is 24.9. The van der Waals surface area contributed by atoms with Crippen molar-refractivity contribution in [2.75, 3.05) is 26.3 Å². The van der Waals surface area contributed by atoms with E-state index in [1.54, 1.807) is 0 Å². The molecule has 0 aliphatic carbocycles. The lowest BCUT2D eigenvalue weighted by molar-refractivity contribution is 0.208. The third kappa shape index (κ3) is 5.21. The minimum atomic E-state index is -0.273. The molecule has 2 aromatic carbocycles. The zero-order valence-electron chi connectivity index (χ0n) is 20.9. The third-order valence-corrected chi connectivity index (χ3v) is 6.35. The van der Waals surface area contributed by atoms with Crippen LogP contribution in [0.2, 0.25) is 0 Å². The summed E-state index contributed by atoms with van der Waals surface area (Å²) in [7, 11) is 0. The predicted octanol–water partition coefficient (Wildman–Crippen LogP) is 5.35. The monoisotopic (exact) mass is 471 g/mol. The fraction of sp³-hybridized carbons (Fsp3) is 0.345. The molecule has 0 unspecified atom stereocenters. The van der Waals surface area contributed by atoms with Gasteiger partial charge < -0.3 is 19.9 Å². The second-order valence-corrected chi connectivity index (χ2v) is 8.95. The van der Waals surface area contributed by atoms with Crippen LogP contribution in [0.25, 0.3) is 6.08 Å². The maximum atomic E-state index is 10.0. The van der Waals surface area contributed by atoms with Gasteiger partial charge in [-0.2, -0.15) is 5.26 Å². The van der Waals surface area contributed by atoms with E-state index in [9.17, 15) is 5.26 Å². The van der Waals surface area contributed by atoms with Crippen molar-refractivity contribution in [3.8, 4) is 17.6 Å². The van der Waals surface area contributed by atoms with Gasteiger partial charge in [-0.25, -0.2) is 0 Å². The highest BCUT2D eigenvalue weighted by molar-refractivity contribution is 5.63. The summed E-state index contributed by atoms with van der Waals surface area (Å²) in [4.78, 5) is 2.39. The molecule has 2 heterocycles. The molecule has 2 N–H and O–H groups in total. The van der Waals surface area contributed by atoms with Gasteiger partial charge >= 0.3 is 0 Å². The van der Waals surface area contributed by atoms with Gasteiger partial charge in [0.1, 0.15) is 28.9 Å². The third-order valence-electron chi connectivity index (χ3n) is 6.35. The molecule has 0 saturated carbocycles. The second kappa shape index (κ2) is 10.7. The van der Waals surface area contributed by atoms with Gasteiger partial charge in [0.05, 0.1) is 19.1 Å². The summed E-state index contributed by atoms with van der Waals surface area (Å²) in [5.74, 6) is 2.31. The first kappa shape index (κ1) is 24.4. The summed E-state index contributed by atoms with van der Waals surface area (Å²) in [5, 5.41) is 10.0. The summed E-state index contributed by atoms with van der Waals surface area (Å²) in [5.41, 5.74) is 10.9. The number of nitrogens with zero attached hydrogens (tertiary/aromatic N) is 2. The molecule has 6 nitrogen and oxygen atoms in total. The molecule has 1 atom stereocenters. The average molecular weight is 472 g/mol. The number of allylic oxidation sites excluding steroid dienone is 1. The van der Waals surface area contributed by atoms with E-state index in [0.29, 0.717) is 31.4 Å². The van der Waals surface area contributed by atoms with Crippen molar-refractivity contribution >= 4 is 6.08 Å². The number of hydrogen-bond donors (Lipinski definition) is 1. The van der Waals surface area contributed by atoms with Crippen molar-refractivity contribution < 1.29 is 14.2 Å². The Hall–Kier alpha value is -3.69. The van der Waals surface area contributed by atoms with Crippen LogP contribution in [-0.4, -0.2) is 37.2 Å². The lowest BCUT2D eigenvalue weighted by atomic mass is 9.80. The van der Waals surface area contributed by atoms with Crippen molar-refractivity contribution in [1.82, 2.24) is 4.90 Å². The van der Waals surface area contributed by atoms with E-state index in [0.717, 1.165) is 46.1 Å². The Morgan fingerprint density at radius 1 is 1.03 bits per heavy atom. The van der Waals surface area contributed by atoms with Crippen LogP contribution in [0.4, 0.5) is 0 Å². The Balaban J connectivity index is 1.80. The highest BCUT2D eigenvalue weighted by Crippen LogP contribution is 2.44. The lowest BCUT2D eigenvalue weighted by Gasteiger charge is -2.40. The highest BCUT2D eigenvalue weighted by Gasteiger charge is 2.38. The van der Waals surface area contributed by atoms with Crippen LogP contribution in [-0.2, 0) is 4.74 Å². The first-order valence-electron chi connectivity index (χ1n) is 12.2. The van der Waals surface area contributed by atoms with E-state index in [2.05, 4.69) is 30.9 Å². The smallest absolute Gasteiger partial charge is 0.205 e. The number of hydrogen-bond acceptors (Lipinski definition) is 6. The Kier molecular flexibility index (Phi) is 7.48. The van der Waals surface area contributed by atoms with E-state index in [1.807, 2.05) is 62.4 Å². The van der Waals surface area contributed by atoms with Gasteiger partial charge in [0, 0.05) is 24.7 Å². The van der Waals surface area contributed by atoms with Crippen LogP contribution < -0.4 is 15.2 Å². The van der Waals surface area contributed by atoms with Crippen LogP contribution in [0.5, 0.6) is 11.5 Å². The largest absolute Gasteiger partial charge is 0.494 e. The molecular formula is C29H33N3O3. The first-order chi connectivity index (χ1) is 16.9. The molecule has 4 rings (SSSR count). The Morgan fingerprint density at radius 3 is 2.17 bits per heavy atom. The Labute approximate surface area is 207 Å². The van der Waals surface area contributed by atoms with E-state index >= 15 is 0 Å². The molecule has 0 amide bonds. The highest BCUT2D eigenvalue weighted by atomic mass is 16.5. The van der Waals surface area contributed by atoms with Crippen LogP contribution in [0, 0.1) is 11.3 Å². The second-order valence-electron chi connectivity index (χ2n) is 8.95. The molecule has 2 aromatic rings. The molecular weight excluding hydrogens is 438 g/mol. The molecule has 35 heavy (non-hydrogen) atoms. The van der Waals surface area contributed by atoms with E-state index in [1.165, 1.54) is 0 Å². The molecule has 2 aliphatic rings. The summed E-state index contributed by atoms with van der Waals surface area (Å²) in [6, 6.07) is 18.6. The van der Waals surface area contributed by atoms with Crippen LogP contribution >= 0.6 is 0 Å².